The fourth-order valence-corrected chi connectivity index (χ4v) is 4.75. The van der Waals surface area contributed by atoms with Gasteiger partial charge in [0.2, 0.25) is 5.88 Å². The van der Waals surface area contributed by atoms with Crippen molar-refractivity contribution in [3.8, 4) is 11.6 Å². The number of likely N-dealkylation sites (tertiary alicyclic amines) is 1. The van der Waals surface area contributed by atoms with Crippen LogP contribution in [0.15, 0.2) is 46.3 Å². The maximum Gasteiger partial charge on any atom is 0.410 e. The summed E-state index contributed by atoms with van der Waals surface area (Å²) in [5, 5.41) is 0.388. The van der Waals surface area contributed by atoms with E-state index >= 15 is 0 Å². The monoisotopic (exact) mass is 616 g/mol. The minimum atomic E-state index is -3.58. The number of amides is 1. The summed E-state index contributed by atoms with van der Waals surface area (Å²) in [5.41, 5.74) is 0.0466. The van der Waals surface area contributed by atoms with E-state index in [9.17, 15) is 22.4 Å². The fraction of sp³-hybridized carbons (Fsp3) is 0.364. The van der Waals surface area contributed by atoms with Crippen LogP contribution in [-0.2, 0) is 14.6 Å². The number of piperidine rings is 1. The summed E-state index contributed by atoms with van der Waals surface area (Å²) >= 11 is 2.01. The fourth-order valence-electron chi connectivity index (χ4n) is 3.90. The van der Waals surface area contributed by atoms with Gasteiger partial charge in [0.25, 0.3) is 5.56 Å². The second kappa shape index (κ2) is 10.0. The number of nitrogens with zero attached hydrogens (tertiary/aromatic N) is 4. The number of alkyl halides is 1. The van der Waals surface area contributed by atoms with Gasteiger partial charge in [0, 0.05) is 31.5 Å². The second-order valence-electron chi connectivity index (χ2n) is 8.07. The van der Waals surface area contributed by atoms with Crippen LogP contribution in [0.25, 0.3) is 11.0 Å². The standard InChI is InChI=1S/C22H22FIN4O6S/c1-13(24)33-22(30)27-9-7-14(8-10-27)28-19(29)6-4-16-20(28)25-12-26-21(16)34-18-5-3-15(11-17(18)23)35(2,31)32/h3-6,11-14H,7-10H2,1-2H3. The minimum Gasteiger partial charge on any atom is -0.436 e. The summed E-state index contributed by atoms with van der Waals surface area (Å²) < 4.78 is 50.1. The number of halogens is 2. The summed E-state index contributed by atoms with van der Waals surface area (Å²) in [5.74, 6) is -1.06. The Balaban J connectivity index is 1.63. The number of fused-ring (bicyclic) bond motifs is 1. The zero-order valence-corrected chi connectivity index (χ0v) is 21.8. The molecule has 35 heavy (non-hydrogen) atoms. The van der Waals surface area contributed by atoms with E-state index < -0.39 is 21.7 Å². The Hall–Kier alpha value is -2.81. The molecular weight excluding hydrogens is 594 g/mol. The Morgan fingerprint density at radius 3 is 2.54 bits per heavy atom. The van der Waals surface area contributed by atoms with Crippen molar-refractivity contribution in [1.29, 1.82) is 0 Å². The lowest BCUT2D eigenvalue weighted by Crippen LogP contribution is -2.41. The van der Waals surface area contributed by atoms with Gasteiger partial charge in [-0.25, -0.2) is 27.6 Å². The number of hydrogen-bond acceptors (Lipinski definition) is 8. The molecule has 1 aliphatic rings. The number of hydrogen-bond donors (Lipinski definition) is 0. The second-order valence-corrected chi connectivity index (χ2v) is 11.8. The number of carbonyl (C=O) groups excluding carboxylic acids is 1. The van der Waals surface area contributed by atoms with Crippen LogP contribution < -0.4 is 10.3 Å². The van der Waals surface area contributed by atoms with Crippen molar-refractivity contribution in [3.05, 3.63) is 52.8 Å². The molecule has 1 aliphatic heterocycles. The zero-order valence-electron chi connectivity index (χ0n) is 18.8. The third-order valence-electron chi connectivity index (χ3n) is 5.57. The number of rotatable bonds is 5. The molecule has 1 atom stereocenters. The van der Waals surface area contributed by atoms with Crippen LogP contribution in [0.4, 0.5) is 9.18 Å². The zero-order chi connectivity index (χ0) is 25.3. The Kier molecular flexibility index (Phi) is 7.26. The number of carbonyl (C=O) groups is 1. The molecule has 0 spiro atoms. The van der Waals surface area contributed by atoms with Crippen molar-refractivity contribution in [3.63, 3.8) is 0 Å². The van der Waals surface area contributed by atoms with Crippen molar-refractivity contribution in [1.82, 2.24) is 19.4 Å². The summed E-state index contributed by atoms with van der Waals surface area (Å²) in [6.07, 6.45) is 2.84. The first-order valence-electron chi connectivity index (χ1n) is 10.7. The van der Waals surface area contributed by atoms with E-state index in [0.717, 1.165) is 12.3 Å². The van der Waals surface area contributed by atoms with Gasteiger partial charge in [-0.15, -0.1) is 0 Å². The van der Waals surface area contributed by atoms with Gasteiger partial charge >= 0.3 is 6.09 Å². The lowest BCUT2D eigenvalue weighted by atomic mass is 10.0. The van der Waals surface area contributed by atoms with Gasteiger partial charge in [0.1, 0.15) is 12.0 Å². The Morgan fingerprint density at radius 1 is 1.20 bits per heavy atom. The van der Waals surface area contributed by atoms with E-state index in [1.807, 2.05) is 22.6 Å². The molecule has 1 fully saturated rings. The Morgan fingerprint density at radius 2 is 1.91 bits per heavy atom. The van der Waals surface area contributed by atoms with Crippen LogP contribution in [0.3, 0.4) is 0 Å². The van der Waals surface area contributed by atoms with Crippen molar-refractivity contribution in [2.75, 3.05) is 19.3 Å². The van der Waals surface area contributed by atoms with E-state index in [0.29, 0.717) is 37.0 Å². The first-order chi connectivity index (χ1) is 16.5. The maximum absolute atomic E-state index is 14.6. The molecule has 0 bridgehead atoms. The van der Waals surface area contributed by atoms with Crippen LogP contribution >= 0.6 is 22.6 Å². The average molecular weight is 616 g/mol. The average Bonchev–Trinajstić information content (AvgIpc) is 2.79. The molecule has 0 N–H and O–H groups in total. The molecular formula is C22H22FIN4O6S. The maximum atomic E-state index is 14.6. The molecule has 2 aromatic heterocycles. The summed E-state index contributed by atoms with van der Waals surface area (Å²) in [7, 11) is -3.58. The Labute approximate surface area is 214 Å². The van der Waals surface area contributed by atoms with Crippen molar-refractivity contribution in [2.24, 2.45) is 0 Å². The first-order valence-corrected chi connectivity index (χ1v) is 13.8. The molecule has 13 heteroatoms. The molecule has 186 valence electrons. The van der Waals surface area contributed by atoms with Gasteiger partial charge in [0.15, 0.2) is 25.5 Å². The van der Waals surface area contributed by atoms with Gasteiger partial charge in [0.05, 0.1) is 10.3 Å². The minimum absolute atomic E-state index is 0.0202. The highest BCUT2D eigenvalue weighted by Gasteiger charge is 2.27. The molecule has 1 saturated heterocycles. The van der Waals surface area contributed by atoms with Crippen molar-refractivity contribution in [2.45, 2.75) is 34.8 Å². The first kappa shape index (κ1) is 25.3. The lowest BCUT2D eigenvalue weighted by molar-refractivity contribution is 0.0883. The summed E-state index contributed by atoms with van der Waals surface area (Å²) in [6, 6.07) is 5.97. The molecule has 3 heterocycles. The predicted octanol–water partition coefficient (Wildman–Crippen LogP) is 3.68. The van der Waals surface area contributed by atoms with E-state index in [1.165, 1.54) is 35.2 Å². The molecule has 0 radical (unpaired) electrons. The molecule has 1 unspecified atom stereocenters. The SMILES string of the molecule is CC(I)OC(=O)N1CCC(n2c(=O)ccc3c(Oc4ccc(S(C)(=O)=O)cc4F)ncnc32)CC1. The number of sulfone groups is 1. The molecule has 0 saturated carbocycles. The highest BCUT2D eigenvalue weighted by atomic mass is 127. The number of benzene rings is 1. The Bertz CT molecular complexity index is 1440. The normalized spacial score (nSPS) is 15.7. The molecule has 1 amide bonds. The van der Waals surface area contributed by atoms with E-state index in [2.05, 4.69) is 9.97 Å². The van der Waals surface area contributed by atoms with Crippen molar-refractivity contribution >= 4 is 49.6 Å². The molecule has 0 aliphatic carbocycles. The topological polar surface area (TPSA) is 121 Å². The van der Waals surface area contributed by atoms with E-state index in [4.69, 9.17) is 9.47 Å². The van der Waals surface area contributed by atoms with E-state index in [-0.39, 0.29) is 32.2 Å². The van der Waals surface area contributed by atoms with E-state index in [1.54, 1.807) is 11.8 Å². The third kappa shape index (κ3) is 5.55. The van der Waals surface area contributed by atoms with Gasteiger partial charge < -0.3 is 14.4 Å². The quantitative estimate of drug-likeness (QED) is 0.315. The highest BCUT2D eigenvalue weighted by molar-refractivity contribution is 14.1. The van der Waals surface area contributed by atoms with Crippen LogP contribution in [0.5, 0.6) is 11.6 Å². The largest absolute Gasteiger partial charge is 0.436 e. The number of aromatic nitrogens is 3. The smallest absolute Gasteiger partial charge is 0.410 e. The molecule has 3 aromatic rings. The van der Waals surface area contributed by atoms with Crippen LogP contribution in [-0.4, -0.2) is 57.4 Å². The predicted molar refractivity (Wildman–Crippen MR) is 133 cm³/mol. The van der Waals surface area contributed by atoms with Crippen molar-refractivity contribution < 1.29 is 27.1 Å². The summed E-state index contributed by atoms with van der Waals surface area (Å²) in [4.78, 5) is 34.8. The number of pyridine rings is 1. The van der Waals surface area contributed by atoms with Gasteiger partial charge in [-0.1, -0.05) is 0 Å². The van der Waals surface area contributed by atoms with Gasteiger partial charge in [-0.05, 0) is 66.6 Å². The van der Waals surface area contributed by atoms with Crippen LogP contribution in [0, 0.1) is 5.82 Å². The van der Waals surface area contributed by atoms with Crippen LogP contribution in [0.2, 0.25) is 0 Å². The highest BCUT2D eigenvalue weighted by Crippen LogP contribution is 2.31. The molecule has 10 nitrogen and oxygen atoms in total. The molecule has 4 rings (SSSR count). The van der Waals surface area contributed by atoms with Gasteiger partial charge in [-0.3, -0.25) is 9.36 Å². The lowest BCUT2D eigenvalue weighted by Gasteiger charge is -2.32. The van der Waals surface area contributed by atoms with Crippen LogP contribution in [0.1, 0.15) is 25.8 Å². The third-order valence-corrected chi connectivity index (χ3v) is 6.94. The summed E-state index contributed by atoms with van der Waals surface area (Å²) in [6.45, 7) is 2.61. The number of ether oxygens (including phenoxy) is 2. The molecule has 1 aromatic carbocycles. The van der Waals surface area contributed by atoms with Gasteiger partial charge in [-0.2, -0.15) is 0 Å².